The minimum atomic E-state index is 0.138. The van der Waals surface area contributed by atoms with Gasteiger partial charge in [-0.3, -0.25) is 14.6 Å². The lowest BCUT2D eigenvalue weighted by atomic mass is 9.95. The molecule has 0 aliphatic carbocycles. The molecule has 0 spiro atoms. The first-order valence-corrected chi connectivity index (χ1v) is 12.6. The van der Waals surface area contributed by atoms with Crippen LogP contribution in [0.25, 0.3) is 0 Å². The van der Waals surface area contributed by atoms with Crippen molar-refractivity contribution < 1.29 is 9.53 Å². The smallest absolute Gasteiger partial charge is 0.226 e. The fourth-order valence-electron chi connectivity index (χ4n) is 4.83. The topological polar surface area (TPSA) is 36.0 Å². The van der Waals surface area contributed by atoms with E-state index in [-0.39, 0.29) is 5.92 Å². The Kier molecular flexibility index (Phi) is 7.64. The van der Waals surface area contributed by atoms with Crippen LogP contribution < -0.4 is 4.74 Å². The van der Waals surface area contributed by atoms with Gasteiger partial charge in [-0.15, -0.1) is 0 Å². The van der Waals surface area contributed by atoms with Crippen LogP contribution in [0.2, 0.25) is 0 Å². The van der Waals surface area contributed by atoms with E-state index in [0.717, 1.165) is 77.6 Å². The number of piperidine rings is 1. The summed E-state index contributed by atoms with van der Waals surface area (Å²) in [6.07, 6.45) is 2.11. The average molecular weight is 442 g/mol. The molecule has 2 aromatic rings. The second kappa shape index (κ2) is 10.6. The van der Waals surface area contributed by atoms with Crippen molar-refractivity contribution in [3.05, 3.63) is 51.7 Å². The molecule has 1 unspecified atom stereocenters. The molecular weight excluding hydrogens is 406 g/mol. The van der Waals surface area contributed by atoms with Gasteiger partial charge in [-0.1, -0.05) is 6.07 Å². The molecule has 1 amide bonds. The van der Waals surface area contributed by atoms with Crippen molar-refractivity contribution in [3.8, 4) is 5.75 Å². The third-order valence-electron chi connectivity index (χ3n) is 6.51. The van der Waals surface area contributed by atoms with Crippen LogP contribution in [0, 0.1) is 5.92 Å². The molecule has 3 heterocycles. The van der Waals surface area contributed by atoms with Crippen molar-refractivity contribution in [1.82, 2.24) is 14.7 Å². The molecule has 2 aliphatic rings. The van der Waals surface area contributed by atoms with E-state index in [9.17, 15) is 4.79 Å². The van der Waals surface area contributed by atoms with Crippen LogP contribution in [0.1, 0.15) is 43.4 Å². The molecule has 1 atom stereocenters. The Hall–Kier alpha value is -1.89. The molecule has 1 saturated heterocycles. The first-order chi connectivity index (χ1) is 15.2. The third kappa shape index (κ3) is 5.68. The molecule has 0 bridgehead atoms. The van der Waals surface area contributed by atoms with E-state index in [4.69, 9.17) is 4.74 Å². The first-order valence-electron chi connectivity index (χ1n) is 11.7. The molecule has 4 rings (SSSR count). The van der Waals surface area contributed by atoms with E-state index in [1.807, 2.05) is 4.90 Å². The van der Waals surface area contributed by atoms with Gasteiger partial charge in [0.15, 0.2) is 0 Å². The van der Waals surface area contributed by atoms with Gasteiger partial charge < -0.3 is 9.64 Å². The highest BCUT2D eigenvalue weighted by atomic mass is 32.1. The molecule has 5 nitrogen and oxygen atoms in total. The Balaban J connectivity index is 1.40. The Morgan fingerprint density at radius 3 is 2.74 bits per heavy atom. The maximum absolute atomic E-state index is 12.8. The minimum absolute atomic E-state index is 0.138. The number of carbonyl (C=O) groups is 1. The fourth-order valence-corrected chi connectivity index (χ4v) is 5.49. The molecular formula is C25H35N3O2S. The first kappa shape index (κ1) is 22.3. The number of fused-ring (bicyclic) bond motifs is 1. The van der Waals surface area contributed by atoms with Crippen LogP contribution in [-0.2, 0) is 24.4 Å². The zero-order chi connectivity index (χ0) is 21.6. The lowest BCUT2D eigenvalue weighted by Gasteiger charge is -2.34. The number of rotatable bonds is 7. The Labute approximate surface area is 190 Å². The summed E-state index contributed by atoms with van der Waals surface area (Å²) in [7, 11) is 0. The summed E-state index contributed by atoms with van der Waals surface area (Å²) in [6.45, 7) is 12.2. The highest BCUT2D eigenvalue weighted by molar-refractivity contribution is 7.07. The van der Waals surface area contributed by atoms with Crippen LogP contribution in [-0.4, -0.2) is 59.9 Å². The number of ether oxygens (including phenoxy) is 1. The lowest BCUT2D eigenvalue weighted by Crippen LogP contribution is -2.44. The molecule has 6 heteroatoms. The van der Waals surface area contributed by atoms with Crippen molar-refractivity contribution in [2.24, 2.45) is 5.92 Å². The normalized spacial score (nSPS) is 20.0. The van der Waals surface area contributed by atoms with Gasteiger partial charge in [0.1, 0.15) is 12.4 Å². The highest BCUT2D eigenvalue weighted by Crippen LogP contribution is 2.27. The van der Waals surface area contributed by atoms with Crippen LogP contribution in [0.15, 0.2) is 35.0 Å². The number of hydrogen-bond acceptors (Lipinski definition) is 5. The average Bonchev–Trinajstić information content (AvgIpc) is 3.21. The molecule has 2 aliphatic heterocycles. The van der Waals surface area contributed by atoms with Crippen LogP contribution in [0.4, 0.5) is 0 Å². The summed E-state index contributed by atoms with van der Waals surface area (Å²) in [6, 6.07) is 8.86. The van der Waals surface area contributed by atoms with Gasteiger partial charge >= 0.3 is 0 Å². The van der Waals surface area contributed by atoms with Crippen molar-refractivity contribution >= 4 is 17.2 Å². The predicted molar refractivity (Wildman–Crippen MR) is 126 cm³/mol. The number of nitrogens with zero attached hydrogens (tertiary/aromatic N) is 3. The standard InChI is InChI=1S/C25H35N3O2S/c1-3-28(4-2)25(29)22-6-5-10-26(17-22)15-20-7-8-24-23(14-20)18-27(11-12-30-24)16-21-9-13-31-19-21/h7-9,13-14,19,22H,3-6,10-12,15-18H2,1-2H3. The molecule has 0 N–H and O–H groups in total. The van der Waals surface area contributed by atoms with Crippen molar-refractivity contribution in [2.75, 3.05) is 39.3 Å². The number of amides is 1. The molecule has 31 heavy (non-hydrogen) atoms. The minimum Gasteiger partial charge on any atom is -0.492 e. The van der Waals surface area contributed by atoms with Crippen molar-refractivity contribution in [1.29, 1.82) is 0 Å². The van der Waals surface area contributed by atoms with E-state index in [1.54, 1.807) is 11.3 Å². The van der Waals surface area contributed by atoms with E-state index < -0.39 is 0 Å². The van der Waals surface area contributed by atoms with Crippen LogP contribution in [0.3, 0.4) is 0 Å². The number of carbonyl (C=O) groups excluding carboxylic acids is 1. The summed E-state index contributed by atoms with van der Waals surface area (Å²) in [5.41, 5.74) is 3.97. The van der Waals surface area contributed by atoms with E-state index in [1.165, 1.54) is 16.7 Å². The monoisotopic (exact) mass is 441 g/mol. The number of likely N-dealkylation sites (tertiary alicyclic amines) is 1. The van der Waals surface area contributed by atoms with Crippen molar-refractivity contribution in [3.63, 3.8) is 0 Å². The summed E-state index contributed by atoms with van der Waals surface area (Å²) in [5, 5.41) is 4.38. The second-order valence-electron chi connectivity index (χ2n) is 8.72. The fraction of sp³-hybridized carbons (Fsp3) is 0.560. The predicted octanol–water partition coefficient (Wildman–Crippen LogP) is 4.22. The zero-order valence-corrected chi connectivity index (χ0v) is 19.7. The second-order valence-corrected chi connectivity index (χ2v) is 9.50. The Morgan fingerprint density at radius 1 is 1.13 bits per heavy atom. The maximum Gasteiger partial charge on any atom is 0.226 e. The highest BCUT2D eigenvalue weighted by Gasteiger charge is 2.28. The Bertz CT molecular complexity index is 850. The van der Waals surface area contributed by atoms with E-state index in [0.29, 0.717) is 5.91 Å². The largest absolute Gasteiger partial charge is 0.492 e. The van der Waals surface area contributed by atoms with Gasteiger partial charge in [-0.2, -0.15) is 11.3 Å². The van der Waals surface area contributed by atoms with Gasteiger partial charge in [0.2, 0.25) is 5.91 Å². The maximum atomic E-state index is 12.8. The summed E-state index contributed by atoms with van der Waals surface area (Å²) in [4.78, 5) is 19.7. The lowest BCUT2D eigenvalue weighted by molar-refractivity contribution is -0.137. The van der Waals surface area contributed by atoms with Gasteiger partial charge in [0, 0.05) is 51.4 Å². The SMILES string of the molecule is CCN(CC)C(=O)C1CCCN(Cc2ccc3c(c2)CN(Cc2ccsc2)CCO3)C1. The van der Waals surface area contributed by atoms with Gasteiger partial charge in [0.25, 0.3) is 0 Å². The molecule has 1 aromatic heterocycles. The van der Waals surface area contributed by atoms with Gasteiger partial charge in [-0.25, -0.2) is 0 Å². The molecule has 168 valence electrons. The van der Waals surface area contributed by atoms with Crippen LogP contribution >= 0.6 is 11.3 Å². The molecule has 1 fully saturated rings. The van der Waals surface area contributed by atoms with E-state index in [2.05, 4.69) is 58.7 Å². The molecule has 0 radical (unpaired) electrons. The number of hydrogen-bond donors (Lipinski definition) is 0. The molecule has 0 saturated carbocycles. The Morgan fingerprint density at radius 2 is 1.97 bits per heavy atom. The number of benzene rings is 1. The summed E-state index contributed by atoms with van der Waals surface area (Å²) in [5.74, 6) is 1.48. The van der Waals surface area contributed by atoms with Gasteiger partial charge in [0.05, 0.1) is 5.92 Å². The number of thiophene rings is 1. The summed E-state index contributed by atoms with van der Waals surface area (Å²) < 4.78 is 6.04. The third-order valence-corrected chi connectivity index (χ3v) is 7.24. The molecule has 1 aromatic carbocycles. The summed E-state index contributed by atoms with van der Waals surface area (Å²) >= 11 is 1.76. The van der Waals surface area contributed by atoms with E-state index >= 15 is 0 Å². The van der Waals surface area contributed by atoms with Crippen molar-refractivity contribution in [2.45, 2.75) is 46.3 Å². The quantitative estimate of drug-likeness (QED) is 0.644. The van der Waals surface area contributed by atoms with Crippen LogP contribution in [0.5, 0.6) is 5.75 Å². The van der Waals surface area contributed by atoms with Gasteiger partial charge in [-0.05, 0) is 73.3 Å². The zero-order valence-electron chi connectivity index (χ0n) is 18.9.